The molecule has 2 aliphatic carbocycles. The number of hydrogen-bond donors (Lipinski definition) is 1. The predicted molar refractivity (Wildman–Crippen MR) is 61.1 cm³/mol. The van der Waals surface area contributed by atoms with E-state index in [0.717, 1.165) is 18.7 Å². The maximum Gasteiger partial charge on any atom is 0.127 e. The van der Waals surface area contributed by atoms with Crippen LogP contribution in [0.25, 0.3) is 0 Å². The molecule has 84 valence electrons. The van der Waals surface area contributed by atoms with Crippen LogP contribution >= 0.6 is 0 Å². The highest BCUT2D eigenvalue weighted by atomic mass is 15.0. The fraction of sp³-hybridized carbons (Fsp3) is 0.692. The largest absolute Gasteiger partial charge is 0.345 e. The molecule has 0 unspecified atom stereocenters. The number of nitriles is 1. The fourth-order valence-electron chi connectivity index (χ4n) is 2.82. The topological polar surface area (TPSA) is 52.5 Å². The maximum absolute atomic E-state index is 9.17. The third-order valence-electron chi connectivity index (χ3n) is 4.08. The lowest BCUT2D eigenvalue weighted by Crippen LogP contribution is -2.05. The van der Waals surface area contributed by atoms with E-state index in [4.69, 9.17) is 10.2 Å². The fourth-order valence-corrected chi connectivity index (χ4v) is 2.82. The summed E-state index contributed by atoms with van der Waals surface area (Å²) >= 11 is 0. The van der Waals surface area contributed by atoms with Crippen LogP contribution < -0.4 is 0 Å². The van der Waals surface area contributed by atoms with Crippen molar-refractivity contribution in [1.82, 2.24) is 9.97 Å². The van der Waals surface area contributed by atoms with E-state index in [2.05, 4.69) is 18.0 Å². The Kier molecular flexibility index (Phi) is 2.07. The van der Waals surface area contributed by atoms with Crippen molar-refractivity contribution in [2.75, 3.05) is 0 Å². The minimum Gasteiger partial charge on any atom is -0.345 e. The van der Waals surface area contributed by atoms with Crippen LogP contribution in [0.3, 0.4) is 0 Å². The summed E-state index contributed by atoms with van der Waals surface area (Å²) in [6, 6.07) is 2.41. The number of nitrogens with one attached hydrogen (secondary N) is 1. The smallest absolute Gasteiger partial charge is 0.127 e. The lowest BCUT2D eigenvalue weighted by Gasteiger charge is -2.05. The monoisotopic (exact) mass is 215 g/mol. The molecule has 0 spiro atoms. The Bertz CT molecular complexity index is 442. The third-order valence-corrected chi connectivity index (χ3v) is 4.08. The Hall–Kier alpha value is -1.30. The van der Waals surface area contributed by atoms with Gasteiger partial charge in [-0.3, -0.25) is 0 Å². The van der Waals surface area contributed by atoms with Gasteiger partial charge < -0.3 is 4.98 Å². The number of H-pyrrole nitrogens is 1. The Morgan fingerprint density at radius 3 is 2.62 bits per heavy atom. The quantitative estimate of drug-likeness (QED) is 0.824. The third kappa shape index (κ3) is 1.36. The van der Waals surface area contributed by atoms with Crippen LogP contribution in [0.1, 0.15) is 61.7 Å². The summed E-state index contributed by atoms with van der Waals surface area (Å²) in [6.07, 6.45) is 7.14. The van der Waals surface area contributed by atoms with Gasteiger partial charge in [0.1, 0.15) is 11.2 Å². The van der Waals surface area contributed by atoms with E-state index in [0.29, 0.717) is 5.92 Å². The number of imidazole rings is 1. The second-order valence-corrected chi connectivity index (χ2v) is 5.27. The van der Waals surface area contributed by atoms with Crippen LogP contribution in [0, 0.1) is 18.3 Å². The van der Waals surface area contributed by atoms with E-state index < -0.39 is 0 Å². The van der Waals surface area contributed by atoms with Gasteiger partial charge in [0, 0.05) is 11.6 Å². The Balaban J connectivity index is 1.93. The van der Waals surface area contributed by atoms with Crippen LogP contribution in [-0.4, -0.2) is 9.97 Å². The van der Waals surface area contributed by atoms with Crippen LogP contribution in [0.4, 0.5) is 0 Å². The van der Waals surface area contributed by atoms with Crippen LogP contribution in [0.15, 0.2) is 0 Å². The Morgan fingerprint density at radius 1 is 1.38 bits per heavy atom. The van der Waals surface area contributed by atoms with E-state index in [1.54, 1.807) is 0 Å². The molecule has 1 aromatic heterocycles. The summed E-state index contributed by atoms with van der Waals surface area (Å²) in [5, 5.41) is 9.17. The van der Waals surface area contributed by atoms with E-state index in [-0.39, 0.29) is 5.41 Å². The van der Waals surface area contributed by atoms with Gasteiger partial charge in [0.05, 0.1) is 11.8 Å². The molecule has 3 heteroatoms. The molecule has 1 aromatic rings. The minimum atomic E-state index is -0.262. The van der Waals surface area contributed by atoms with Crippen molar-refractivity contribution in [2.24, 2.45) is 0 Å². The van der Waals surface area contributed by atoms with Gasteiger partial charge in [-0.05, 0) is 32.6 Å². The number of rotatable bonds is 2. The maximum atomic E-state index is 9.17. The van der Waals surface area contributed by atoms with Gasteiger partial charge in [-0.1, -0.05) is 12.8 Å². The Morgan fingerprint density at radius 2 is 2.06 bits per heavy atom. The summed E-state index contributed by atoms with van der Waals surface area (Å²) in [7, 11) is 0. The van der Waals surface area contributed by atoms with E-state index in [1.807, 2.05) is 0 Å². The SMILES string of the molecule is Cc1[nH]c(C2(C#N)CC2)nc1C1CCCC1. The van der Waals surface area contributed by atoms with Gasteiger partial charge in [-0.2, -0.15) is 5.26 Å². The number of hydrogen-bond acceptors (Lipinski definition) is 2. The first-order valence-corrected chi connectivity index (χ1v) is 6.23. The van der Waals surface area contributed by atoms with Gasteiger partial charge >= 0.3 is 0 Å². The molecule has 0 radical (unpaired) electrons. The summed E-state index contributed by atoms with van der Waals surface area (Å²) < 4.78 is 0. The number of nitrogens with zero attached hydrogens (tertiary/aromatic N) is 2. The molecule has 1 N–H and O–H groups in total. The normalized spacial score (nSPS) is 23.2. The molecule has 0 bridgehead atoms. The standard InChI is InChI=1S/C13H17N3/c1-9-11(10-4-2-3-5-10)16-12(15-9)13(8-14)6-7-13/h10H,2-7H2,1H3,(H,15,16). The zero-order valence-electron chi connectivity index (χ0n) is 9.71. The van der Waals surface area contributed by atoms with Crippen molar-refractivity contribution in [2.45, 2.75) is 56.8 Å². The van der Waals surface area contributed by atoms with Crippen LogP contribution in [0.5, 0.6) is 0 Å². The van der Waals surface area contributed by atoms with Gasteiger partial charge in [-0.15, -0.1) is 0 Å². The van der Waals surface area contributed by atoms with Crippen LogP contribution in [0.2, 0.25) is 0 Å². The first-order chi connectivity index (χ1) is 7.75. The minimum absolute atomic E-state index is 0.262. The summed E-state index contributed by atoms with van der Waals surface area (Å²) in [5.41, 5.74) is 2.15. The molecule has 1 heterocycles. The molecule has 2 fully saturated rings. The molecule has 2 saturated carbocycles. The number of aryl methyl sites for hydroxylation is 1. The first-order valence-electron chi connectivity index (χ1n) is 6.23. The van der Waals surface area contributed by atoms with Gasteiger partial charge in [-0.25, -0.2) is 4.98 Å². The van der Waals surface area contributed by atoms with E-state index >= 15 is 0 Å². The second-order valence-electron chi connectivity index (χ2n) is 5.27. The van der Waals surface area contributed by atoms with Crippen molar-refractivity contribution in [3.05, 3.63) is 17.2 Å². The molecule has 16 heavy (non-hydrogen) atoms. The van der Waals surface area contributed by atoms with Gasteiger partial charge in [0.2, 0.25) is 0 Å². The first kappa shape index (κ1) is 9.89. The van der Waals surface area contributed by atoms with Crippen molar-refractivity contribution in [3.63, 3.8) is 0 Å². The Labute approximate surface area is 95.9 Å². The molecule has 3 nitrogen and oxygen atoms in total. The molecule has 0 aliphatic heterocycles. The highest BCUT2D eigenvalue weighted by Gasteiger charge is 2.48. The highest BCUT2D eigenvalue weighted by Crippen LogP contribution is 2.47. The zero-order chi connectivity index (χ0) is 11.2. The number of aromatic amines is 1. The number of aromatic nitrogens is 2. The summed E-state index contributed by atoms with van der Waals surface area (Å²) in [5.74, 6) is 1.56. The summed E-state index contributed by atoms with van der Waals surface area (Å²) in [4.78, 5) is 8.06. The molecule has 0 aromatic carbocycles. The van der Waals surface area contributed by atoms with Crippen molar-refractivity contribution < 1.29 is 0 Å². The molecular weight excluding hydrogens is 198 g/mol. The lowest BCUT2D eigenvalue weighted by atomic mass is 10.0. The molecule has 3 rings (SSSR count). The lowest BCUT2D eigenvalue weighted by molar-refractivity contribution is 0.690. The molecule has 2 aliphatic rings. The average molecular weight is 215 g/mol. The second kappa shape index (κ2) is 3.35. The van der Waals surface area contributed by atoms with E-state index in [1.165, 1.54) is 37.1 Å². The molecule has 0 amide bonds. The zero-order valence-corrected chi connectivity index (χ0v) is 9.71. The molecule has 0 atom stereocenters. The van der Waals surface area contributed by atoms with E-state index in [9.17, 15) is 0 Å². The molecular formula is C13H17N3. The van der Waals surface area contributed by atoms with Crippen molar-refractivity contribution in [3.8, 4) is 6.07 Å². The van der Waals surface area contributed by atoms with Crippen molar-refractivity contribution >= 4 is 0 Å². The highest BCUT2D eigenvalue weighted by molar-refractivity contribution is 5.33. The summed E-state index contributed by atoms with van der Waals surface area (Å²) in [6.45, 7) is 2.09. The predicted octanol–water partition coefficient (Wildman–Crippen LogP) is 2.93. The van der Waals surface area contributed by atoms with Crippen LogP contribution in [-0.2, 0) is 5.41 Å². The van der Waals surface area contributed by atoms with Crippen molar-refractivity contribution in [1.29, 1.82) is 5.26 Å². The average Bonchev–Trinajstić information content (AvgIpc) is 2.73. The van der Waals surface area contributed by atoms with Gasteiger partial charge in [0.15, 0.2) is 0 Å². The molecule has 0 saturated heterocycles. The van der Waals surface area contributed by atoms with Gasteiger partial charge in [0.25, 0.3) is 0 Å².